The normalized spacial score (nSPS) is 16.1. The number of carbonyl (C=O) groups excluding carboxylic acids is 5. The molecule has 10 nitrogen and oxygen atoms in total. The van der Waals surface area contributed by atoms with Gasteiger partial charge in [0, 0.05) is 19.0 Å². The molecule has 208 valence electrons. The van der Waals surface area contributed by atoms with Crippen LogP contribution in [0.1, 0.15) is 44.2 Å². The Morgan fingerprint density at radius 3 is 2.15 bits per heavy atom. The molecule has 0 aliphatic carbocycles. The van der Waals surface area contributed by atoms with Crippen molar-refractivity contribution in [2.75, 3.05) is 6.54 Å². The second kappa shape index (κ2) is 14.7. The molecule has 2 aromatic carbocycles. The average Bonchev–Trinajstić information content (AvgIpc) is 3.34. The number of ether oxygens (including phenoxy) is 1. The fourth-order valence-corrected chi connectivity index (χ4v) is 4.29. The summed E-state index contributed by atoms with van der Waals surface area (Å²) in [4.78, 5) is 63.9. The second-order valence-electron chi connectivity index (χ2n) is 9.99. The monoisotopic (exact) mass is 536 g/mol. The smallest absolute Gasteiger partial charge is 0.408 e. The number of ketones is 1. The largest absolute Gasteiger partial charge is 0.445 e. The number of alkyl carbamates (subject to hydrolysis) is 1. The number of nitrogens with one attached hydrogen (secondary N) is 4. The topological polar surface area (TPSA) is 143 Å². The van der Waals surface area contributed by atoms with Crippen LogP contribution in [-0.4, -0.2) is 48.2 Å². The van der Waals surface area contributed by atoms with Crippen LogP contribution < -0.4 is 21.3 Å². The van der Waals surface area contributed by atoms with Crippen LogP contribution in [0.3, 0.4) is 0 Å². The van der Waals surface area contributed by atoms with Gasteiger partial charge in [-0.3, -0.25) is 19.2 Å². The highest BCUT2D eigenvalue weighted by Gasteiger charge is 2.35. The van der Waals surface area contributed by atoms with Crippen LogP contribution in [0.25, 0.3) is 0 Å². The highest BCUT2D eigenvalue weighted by Crippen LogP contribution is 2.17. The molecule has 0 saturated carbocycles. The summed E-state index contributed by atoms with van der Waals surface area (Å²) in [5, 5.41) is 10.5. The van der Waals surface area contributed by atoms with Crippen molar-refractivity contribution in [2.45, 2.75) is 58.3 Å². The Kier molecular flexibility index (Phi) is 11.0. The van der Waals surface area contributed by atoms with Gasteiger partial charge in [-0.2, -0.15) is 0 Å². The molecule has 0 radical (unpaired) electrons. The summed E-state index contributed by atoms with van der Waals surface area (Å²) >= 11 is 0. The molecular formula is C29H36N4O6. The van der Waals surface area contributed by atoms with E-state index in [-0.39, 0.29) is 37.8 Å². The third-order valence-electron chi connectivity index (χ3n) is 6.36. The lowest BCUT2D eigenvalue weighted by Crippen LogP contribution is -2.54. The Morgan fingerprint density at radius 1 is 0.923 bits per heavy atom. The van der Waals surface area contributed by atoms with Gasteiger partial charge in [-0.15, -0.1) is 0 Å². The zero-order valence-corrected chi connectivity index (χ0v) is 22.3. The van der Waals surface area contributed by atoms with Gasteiger partial charge < -0.3 is 26.0 Å². The Balaban J connectivity index is 1.67. The number of hydrogen-bond donors (Lipinski definition) is 4. The van der Waals surface area contributed by atoms with E-state index in [4.69, 9.17) is 4.74 Å². The molecule has 0 bridgehead atoms. The molecule has 39 heavy (non-hydrogen) atoms. The van der Waals surface area contributed by atoms with Crippen LogP contribution in [0.2, 0.25) is 0 Å². The number of benzene rings is 2. The third kappa shape index (κ3) is 9.55. The molecule has 4 N–H and O–H groups in total. The van der Waals surface area contributed by atoms with Crippen molar-refractivity contribution in [3.05, 3.63) is 71.8 Å². The molecule has 1 aliphatic rings. The Hall–Kier alpha value is -4.21. The van der Waals surface area contributed by atoms with Crippen LogP contribution in [0.5, 0.6) is 0 Å². The van der Waals surface area contributed by atoms with Gasteiger partial charge in [0.15, 0.2) is 0 Å². The summed E-state index contributed by atoms with van der Waals surface area (Å²) in [6.07, 6.45) is -0.0403. The molecule has 0 spiro atoms. The fraction of sp³-hybridized carbons (Fsp3) is 0.414. The number of carbonyl (C=O) groups is 5. The fourth-order valence-electron chi connectivity index (χ4n) is 4.29. The van der Waals surface area contributed by atoms with E-state index in [2.05, 4.69) is 21.3 Å². The van der Waals surface area contributed by atoms with Gasteiger partial charge in [-0.1, -0.05) is 74.5 Å². The summed E-state index contributed by atoms with van der Waals surface area (Å²) in [7, 11) is 0. The standard InChI is InChI=1S/C29H36N4O6/c1-19(2)15-24(33-29(38)39-18-21-11-7-4-8-12-21)27(36)32-23(16-22-13-14-30-26(22)35)25(34)28(37)31-17-20-9-5-3-6-10-20/h3-12,19,22-24H,13-18H2,1-2H3,(H,30,35)(H,31,37)(H,32,36)(H,33,38)/t22?,23-,24-/m0/s1. The predicted molar refractivity (Wildman–Crippen MR) is 144 cm³/mol. The van der Waals surface area contributed by atoms with Crippen molar-refractivity contribution in [1.82, 2.24) is 21.3 Å². The van der Waals surface area contributed by atoms with Gasteiger partial charge in [0.05, 0.1) is 6.04 Å². The predicted octanol–water partition coefficient (Wildman–Crippen LogP) is 2.22. The van der Waals surface area contributed by atoms with Crippen LogP contribution in [0.15, 0.2) is 60.7 Å². The van der Waals surface area contributed by atoms with E-state index in [1.165, 1.54) is 0 Å². The maximum absolute atomic E-state index is 13.3. The maximum atomic E-state index is 13.3. The summed E-state index contributed by atoms with van der Waals surface area (Å²) in [5.74, 6) is -3.07. The Morgan fingerprint density at radius 2 is 1.56 bits per heavy atom. The Labute approximate surface area is 228 Å². The molecule has 10 heteroatoms. The van der Waals surface area contributed by atoms with Crippen LogP contribution >= 0.6 is 0 Å². The first-order valence-corrected chi connectivity index (χ1v) is 13.1. The van der Waals surface area contributed by atoms with E-state index < -0.39 is 41.7 Å². The van der Waals surface area contributed by atoms with E-state index in [1.54, 1.807) is 0 Å². The second-order valence-corrected chi connectivity index (χ2v) is 9.99. The number of hydrogen-bond acceptors (Lipinski definition) is 6. The quantitative estimate of drug-likeness (QED) is 0.289. The Bertz CT molecular complexity index is 1140. The molecule has 1 fully saturated rings. The molecule has 1 aliphatic heterocycles. The van der Waals surface area contributed by atoms with Crippen molar-refractivity contribution in [1.29, 1.82) is 0 Å². The molecule has 3 atom stereocenters. The summed E-state index contributed by atoms with van der Waals surface area (Å²) < 4.78 is 5.26. The molecule has 2 aromatic rings. The molecule has 0 aromatic heterocycles. The lowest BCUT2D eigenvalue weighted by molar-refractivity contribution is -0.141. The first-order valence-electron chi connectivity index (χ1n) is 13.1. The molecule has 3 rings (SSSR count). The van der Waals surface area contributed by atoms with Crippen LogP contribution in [0.4, 0.5) is 4.79 Å². The highest BCUT2D eigenvalue weighted by molar-refractivity contribution is 6.38. The number of rotatable bonds is 13. The van der Waals surface area contributed by atoms with E-state index in [1.807, 2.05) is 74.5 Å². The van der Waals surface area contributed by atoms with Crippen molar-refractivity contribution in [3.8, 4) is 0 Å². The average molecular weight is 537 g/mol. The van der Waals surface area contributed by atoms with Gasteiger partial charge in [0.1, 0.15) is 12.6 Å². The van der Waals surface area contributed by atoms with Crippen molar-refractivity contribution in [2.24, 2.45) is 11.8 Å². The van der Waals surface area contributed by atoms with E-state index in [0.29, 0.717) is 13.0 Å². The maximum Gasteiger partial charge on any atom is 0.408 e. The lowest BCUT2D eigenvalue weighted by atomic mass is 9.94. The van der Waals surface area contributed by atoms with Crippen molar-refractivity contribution < 1.29 is 28.7 Å². The highest BCUT2D eigenvalue weighted by atomic mass is 16.5. The summed E-state index contributed by atoms with van der Waals surface area (Å²) in [5.41, 5.74) is 1.60. The molecular weight excluding hydrogens is 500 g/mol. The minimum Gasteiger partial charge on any atom is -0.445 e. The first kappa shape index (κ1) is 29.3. The third-order valence-corrected chi connectivity index (χ3v) is 6.36. The van der Waals surface area contributed by atoms with Gasteiger partial charge in [0.2, 0.25) is 17.6 Å². The minimum absolute atomic E-state index is 0.0258. The van der Waals surface area contributed by atoms with E-state index in [9.17, 15) is 24.0 Å². The minimum atomic E-state index is -1.24. The van der Waals surface area contributed by atoms with Crippen molar-refractivity contribution in [3.63, 3.8) is 0 Å². The zero-order chi connectivity index (χ0) is 28.2. The lowest BCUT2D eigenvalue weighted by Gasteiger charge is -2.24. The SMILES string of the molecule is CC(C)C[C@H](NC(=O)OCc1ccccc1)C(=O)N[C@@H](CC1CCNC1=O)C(=O)C(=O)NCc1ccccc1. The first-order chi connectivity index (χ1) is 18.7. The van der Waals surface area contributed by atoms with Crippen LogP contribution in [-0.2, 0) is 37.1 Å². The number of Topliss-reactive ketones (excluding diaryl/α,β-unsaturated/α-hetero) is 1. The van der Waals surface area contributed by atoms with Gasteiger partial charge in [-0.25, -0.2) is 4.79 Å². The van der Waals surface area contributed by atoms with Crippen LogP contribution in [0, 0.1) is 11.8 Å². The van der Waals surface area contributed by atoms with E-state index >= 15 is 0 Å². The van der Waals surface area contributed by atoms with E-state index in [0.717, 1.165) is 11.1 Å². The van der Waals surface area contributed by atoms with Gasteiger partial charge >= 0.3 is 6.09 Å². The zero-order valence-electron chi connectivity index (χ0n) is 22.3. The van der Waals surface area contributed by atoms with Gasteiger partial charge in [-0.05, 0) is 36.3 Å². The van der Waals surface area contributed by atoms with Gasteiger partial charge in [0.25, 0.3) is 5.91 Å². The molecule has 1 saturated heterocycles. The summed E-state index contributed by atoms with van der Waals surface area (Å²) in [6, 6.07) is 16.0. The molecule has 1 unspecified atom stereocenters. The number of amides is 4. The molecule has 4 amide bonds. The molecule has 1 heterocycles. The summed E-state index contributed by atoms with van der Waals surface area (Å²) in [6.45, 7) is 4.41. The van der Waals surface area contributed by atoms with Crippen molar-refractivity contribution >= 4 is 29.6 Å².